The molecule has 1 aliphatic rings. The quantitative estimate of drug-likeness (QED) is 0.233. The Morgan fingerprint density at radius 1 is 1.00 bits per heavy atom. The van der Waals surface area contributed by atoms with E-state index < -0.39 is 11.6 Å². The van der Waals surface area contributed by atoms with Gasteiger partial charge in [-0.1, -0.05) is 33.3 Å². The molecule has 7 nitrogen and oxygen atoms in total. The fourth-order valence-corrected chi connectivity index (χ4v) is 3.68. The number of amides is 1. The van der Waals surface area contributed by atoms with Gasteiger partial charge in [0.15, 0.2) is 0 Å². The third-order valence-electron chi connectivity index (χ3n) is 5.78. The number of hydrogen-bond donors (Lipinski definition) is 1. The van der Waals surface area contributed by atoms with Crippen LogP contribution in [0.25, 0.3) is 0 Å². The Labute approximate surface area is 187 Å². The number of rotatable bonds is 15. The van der Waals surface area contributed by atoms with E-state index in [0.717, 1.165) is 44.9 Å². The van der Waals surface area contributed by atoms with E-state index in [1.165, 1.54) is 6.42 Å². The summed E-state index contributed by atoms with van der Waals surface area (Å²) in [7, 11) is 0. The second kappa shape index (κ2) is 15.0. The Kier molecular flexibility index (Phi) is 13.1. The fraction of sp³-hybridized carbons (Fsp3) is 0.792. The van der Waals surface area contributed by atoms with Crippen molar-refractivity contribution in [2.75, 3.05) is 19.8 Å². The largest absolute Gasteiger partial charge is 0.462 e. The van der Waals surface area contributed by atoms with Crippen LogP contribution in [-0.4, -0.2) is 49.3 Å². The second-order valence-electron chi connectivity index (χ2n) is 8.28. The van der Waals surface area contributed by atoms with Crippen LogP contribution in [0.1, 0.15) is 91.4 Å². The van der Waals surface area contributed by atoms with Crippen molar-refractivity contribution in [2.24, 2.45) is 0 Å². The van der Waals surface area contributed by atoms with Gasteiger partial charge in [-0.3, -0.25) is 9.59 Å². The van der Waals surface area contributed by atoms with E-state index in [1.54, 1.807) is 6.92 Å². The van der Waals surface area contributed by atoms with Gasteiger partial charge in [-0.2, -0.15) is 0 Å². The molecule has 1 aliphatic carbocycles. The molecule has 7 heteroatoms. The first kappa shape index (κ1) is 27.1. The van der Waals surface area contributed by atoms with Gasteiger partial charge in [-0.05, 0) is 58.3 Å². The Morgan fingerprint density at radius 2 is 1.68 bits per heavy atom. The second-order valence-corrected chi connectivity index (χ2v) is 8.28. The molecule has 1 rings (SSSR count). The molecular formula is C24H41NO6. The first-order valence-corrected chi connectivity index (χ1v) is 11.8. The van der Waals surface area contributed by atoms with E-state index in [4.69, 9.17) is 14.2 Å². The van der Waals surface area contributed by atoms with E-state index in [9.17, 15) is 14.4 Å². The van der Waals surface area contributed by atoms with E-state index in [2.05, 4.69) is 11.9 Å². The summed E-state index contributed by atoms with van der Waals surface area (Å²) in [5, 5.41) is 2.79. The lowest BCUT2D eigenvalue weighted by atomic mass is 9.95. The Balaban J connectivity index is 2.23. The van der Waals surface area contributed by atoms with E-state index in [1.807, 2.05) is 13.8 Å². The number of carbonyl (C=O) groups is 3. The standard InChI is InChI=1S/C24H41NO6/c1-5-24(6-2,23(28)25-16-18-29-22(27)19(3)4)30-17-12-8-11-15-21(26)31-20-13-9-7-10-14-20/h20H,3,5-18H2,1-2,4H3,(H,25,28). The van der Waals surface area contributed by atoms with Gasteiger partial charge in [0, 0.05) is 18.6 Å². The van der Waals surface area contributed by atoms with Crippen molar-refractivity contribution in [3.05, 3.63) is 12.2 Å². The van der Waals surface area contributed by atoms with Crippen LogP contribution >= 0.6 is 0 Å². The highest BCUT2D eigenvalue weighted by molar-refractivity contribution is 5.87. The van der Waals surface area contributed by atoms with Gasteiger partial charge in [-0.15, -0.1) is 0 Å². The van der Waals surface area contributed by atoms with Crippen molar-refractivity contribution in [1.82, 2.24) is 5.32 Å². The monoisotopic (exact) mass is 439 g/mol. The molecule has 0 atom stereocenters. The summed E-state index contributed by atoms with van der Waals surface area (Å²) in [6.45, 7) is 9.72. The van der Waals surface area contributed by atoms with Crippen molar-refractivity contribution in [3.63, 3.8) is 0 Å². The molecular weight excluding hydrogens is 398 g/mol. The van der Waals surface area contributed by atoms with Gasteiger partial charge in [0.2, 0.25) is 0 Å². The molecule has 1 amide bonds. The van der Waals surface area contributed by atoms with Crippen LogP contribution in [0.5, 0.6) is 0 Å². The molecule has 0 heterocycles. The highest BCUT2D eigenvalue weighted by Gasteiger charge is 2.35. The predicted molar refractivity (Wildman–Crippen MR) is 119 cm³/mol. The minimum Gasteiger partial charge on any atom is -0.462 e. The molecule has 0 aromatic rings. The normalized spacial score (nSPS) is 14.7. The van der Waals surface area contributed by atoms with E-state index in [-0.39, 0.29) is 31.1 Å². The molecule has 0 unspecified atom stereocenters. The van der Waals surface area contributed by atoms with Gasteiger partial charge in [0.05, 0.1) is 6.54 Å². The molecule has 0 bridgehead atoms. The summed E-state index contributed by atoms with van der Waals surface area (Å²) in [6.07, 6.45) is 9.58. The van der Waals surface area contributed by atoms with Crippen molar-refractivity contribution in [1.29, 1.82) is 0 Å². The average molecular weight is 440 g/mol. The molecule has 0 spiro atoms. The predicted octanol–water partition coefficient (Wildman–Crippen LogP) is 4.23. The molecule has 0 aliphatic heterocycles. The van der Waals surface area contributed by atoms with Crippen molar-refractivity contribution in [3.8, 4) is 0 Å². The highest BCUT2D eigenvalue weighted by atomic mass is 16.5. The van der Waals surface area contributed by atoms with E-state index in [0.29, 0.717) is 31.4 Å². The van der Waals surface area contributed by atoms with Gasteiger partial charge in [0.1, 0.15) is 18.3 Å². The number of carbonyl (C=O) groups excluding carboxylic acids is 3. The number of nitrogens with one attached hydrogen (secondary N) is 1. The maximum Gasteiger partial charge on any atom is 0.333 e. The number of unbranched alkanes of at least 4 members (excludes halogenated alkanes) is 2. The number of ether oxygens (including phenoxy) is 3. The van der Waals surface area contributed by atoms with Crippen molar-refractivity contribution < 1.29 is 28.6 Å². The van der Waals surface area contributed by atoms with Crippen LogP contribution in [0.3, 0.4) is 0 Å². The Bertz CT molecular complexity index is 579. The van der Waals surface area contributed by atoms with E-state index >= 15 is 0 Å². The maximum absolute atomic E-state index is 12.6. The van der Waals surface area contributed by atoms with Gasteiger partial charge in [0.25, 0.3) is 5.91 Å². The first-order chi connectivity index (χ1) is 14.8. The first-order valence-electron chi connectivity index (χ1n) is 11.8. The molecule has 1 fully saturated rings. The zero-order valence-electron chi connectivity index (χ0n) is 19.6. The maximum atomic E-state index is 12.6. The van der Waals surface area contributed by atoms with Crippen LogP contribution in [-0.2, 0) is 28.6 Å². The summed E-state index contributed by atoms with van der Waals surface area (Å²) in [6, 6.07) is 0. The minimum atomic E-state index is -0.891. The lowest BCUT2D eigenvalue weighted by Crippen LogP contribution is -2.49. The van der Waals surface area contributed by atoms with Crippen LogP contribution in [0.15, 0.2) is 12.2 Å². The molecule has 31 heavy (non-hydrogen) atoms. The van der Waals surface area contributed by atoms with Crippen LogP contribution in [0.2, 0.25) is 0 Å². The van der Waals surface area contributed by atoms with Crippen LogP contribution < -0.4 is 5.32 Å². The molecule has 1 N–H and O–H groups in total. The van der Waals surface area contributed by atoms with Crippen LogP contribution in [0, 0.1) is 0 Å². The molecule has 178 valence electrons. The molecule has 1 saturated carbocycles. The summed E-state index contributed by atoms with van der Waals surface area (Å²) in [5.74, 6) is -0.763. The molecule has 0 saturated heterocycles. The van der Waals surface area contributed by atoms with Gasteiger partial charge in [-0.25, -0.2) is 4.79 Å². The number of esters is 2. The Hall–Kier alpha value is -1.89. The smallest absolute Gasteiger partial charge is 0.333 e. The summed E-state index contributed by atoms with van der Waals surface area (Å²) in [4.78, 5) is 36.0. The third-order valence-corrected chi connectivity index (χ3v) is 5.78. The highest BCUT2D eigenvalue weighted by Crippen LogP contribution is 2.22. The van der Waals surface area contributed by atoms with Crippen molar-refractivity contribution in [2.45, 2.75) is 103 Å². The average Bonchev–Trinajstić information content (AvgIpc) is 2.76. The Morgan fingerprint density at radius 3 is 2.29 bits per heavy atom. The van der Waals surface area contributed by atoms with Crippen molar-refractivity contribution >= 4 is 17.8 Å². The summed E-state index contributed by atoms with van der Waals surface area (Å²) in [5.41, 5.74) is -0.563. The lowest BCUT2D eigenvalue weighted by Gasteiger charge is -2.30. The SMILES string of the molecule is C=C(C)C(=O)OCCNC(=O)C(CC)(CC)OCCCCCC(=O)OC1CCCCC1. The fourth-order valence-electron chi connectivity index (χ4n) is 3.68. The van der Waals surface area contributed by atoms with Gasteiger partial charge < -0.3 is 19.5 Å². The zero-order chi connectivity index (χ0) is 23.1. The third kappa shape index (κ3) is 10.3. The summed E-state index contributed by atoms with van der Waals surface area (Å²) < 4.78 is 16.5. The van der Waals surface area contributed by atoms with Crippen LogP contribution in [0.4, 0.5) is 0 Å². The van der Waals surface area contributed by atoms with Gasteiger partial charge >= 0.3 is 11.9 Å². The lowest BCUT2D eigenvalue weighted by molar-refractivity contribution is -0.150. The minimum absolute atomic E-state index is 0.0951. The molecule has 0 radical (unpaired) electrons. The summed E-state index contributed by atoms with van der Waals surface area (Å²) >= 11 is 0. The zero-order valence-corrected chi connectivity index (χ0v) is 19.6. The topological polar surface area (TPSA) is 90.9 Å². The molecule has 0 aromatic carbocycles. The number of hydrogen-bond acceptors (Lipinski definition) is 6. The molecule has 0 aromatic heterocycles.